The van der Waals surface area contributed by atoms with Gasteiger partial charge in [-0.1, -0.05) is 0 Å². The normalized spacial score (nSPS) is 10.7. The van der Waals surface area contributed by atoms with Crippen LogP contribution in [0.5, 0.6) is 0 Å². The van der Waals surface area contributed by atoms with Gasteiger partial charge in [-0.15, -0.1) is 0 Å². The Balaban J connectivity index is -0.000000320. The zero-order valence-corrected chi connectivity index (χ0v) is 7.74. The molecule has 0 aromatic heterocycles. The van der Waals surface area contributed by atoms with Crippen LogP contribution in [0.4, 0.5) is 0 Å². The second-order valence-electron chi connectivity index (χ2n) is 2.03. The van der Waals surface area contributed by atoms with E-state index in [9.17, 15) is 4.79 Å². The van der Waals surface area contributed by atoms with Crippen molar-refractivity contribution in [3.8, 4) is 0 Å². The molecular weight excluding hydrogens is 192 g/mol. The van der Waals surface area contributed by atoms with Gasteiger partial charge in [0.2, 0.25) is 0 Å². The van der Waals surface area contributed by atoms with Crippen LogP contribution >= 0.6 is 0 Å². The molecule has 0 rings (SSSR count). The zero-order valence-electron chi connectivity index (χ0n) is 6.22. The molecule has 0 saturated carbocycles. The van der Waals surface area contributed by atoms with Gasteiger partial charge < -0.3 is 41.4 Å². The molecule has 0 spiro atoms. The number of carboxylic acid groups (broad SMARTS) is 1. The summed E-state index contributed by atoms with van der Waals surface area (Å²) in [4.78, 5) is 10.1. The summed E-state index contributed by atoms with van der Waals surface area (Å²) in [5.41, 5.74) is 7.04. The number of hydrogen-bond donors (Lipinski definition) is 3. The summed E-state index contributed by atoms with van der Waals surface area (Å²) in [7, 11) is 0. The fourth-order valence-electron chi connectivity index (χ4n) is 0.514. The first-order valence-corrected chi connectivity index (χ1v) is 3.03. The number of rotatable bonds is 4. The van der Waals surface area contributed by atoms with Gasteiger partial charge in [-0.2, -0.15) is 0 Å². The minimum atomic E-state index is -0.816. The number of halogens is 2. The molecular formula is C5H14Cl2N2O2. The van der Waals surface area contributed by atoms with Crippen molar-refractivity contribution in [2.24, 2.45) is 0 Å². The number of carboxylic acids is 1. The van der Waals surface area contributed by atoms with E-state index >= 15 is 0 Å². The van der Waals surface area contributed by atoms with Gasteiger partial charge in [-0.05, 0) is 0 Å². The summed E-state index contributed by atoms with van der Waals surface area (Å²) in [5.74, 6) is -0.816. The molecule has 6 heteroatoms. The average molecular weight is 206 g/mol. The van der Waals surface area contributed by atoms with E-state index < -0.39 is 12.0 Å². The van der Waals surface area contributed by atoms with Crippen molar-refractivity contribution in [1.29, 1.82) is 0 Å². The molecule has 0 aliphatic heterocycles. The first-order chi connectivity index (χ1) is 4.18. The fraction of sp³-hybridized carbons (Fsp3) is 0.800. The number of hydrogen-bond acceptors (Lipinski definition) is 1. The Morgan fingerprint density at radius 1 is 1.45 bits per heavy atom. The molecule has 11 heavy (non-hydrogen) atoms. The predicted molar refractivity (Wildman–Crippen MR) is 31.3 cm³/mol. The SMILES string of the molecule is [Cl-].[Cl-].[NH3+]CCCC([NH3+])[13C](=O)O. The highest BCUT2D eigenvalue weighted by Gasteiger charge is 2.13. The molecule has 7 N–H and O–H groups in total. The standard InChI is InChI=1S/C5H12N2O2.2ClH/c6-3-1-2-4(7)5(8)9;;/h4H,1-3,6-7H2,(H,8,9);2*1H/i5+1;;. The summed E-state index contributed by atoms with van der Waals surface area (Å²) < 4.78 is 0. The van der Waals surface area contributed by atoms with Crippen LogP contribution in [0.1, 0.15) is 12.8 Å². The molecule has 0 aromatic carbocycles. The van der Waals surface area contributed by atoms with E-state index in [4.69, 9.17) is 5.11 Å². The molecule has 1 unspecified atom stereocenters. The summed E-state index contributed by atoms with van der Waals surface area (Å²) in [6, 6.07) is -0.452. The van der Waals surface area contributed by atoms with Gasteiger partial charge in [-0.25, -0.2) is 4.79 Å². The Kier molecular flexibility index (Phi) is 15.6. The Morgan fingerprint density at radius 2 is 1.91 bits per heavy atom. The smallest absolute Gasteiger partial charge is 0.362 e. The van der Waals surface area contributed by atoms with Crippen LogP contribution in [0, 0.1) is 0 Å². The third-order valence-corrected chi connectivity index (χ3v) is 1.15. The van der Waals surface area contributed by atoms with E-state index in [-0.39, 0.29) is 24.8 Å². The van der Waals surface area contributed by atoms with Crippen LogP contribution in [0.3, 0.4) is 0 Å². The maximum absolute atomic E-state index is 10.1. The molecule has 0 saturated heterocycles. The monoisotopic (exact) mass is 205 g/mol. The zero-order chi connectivity index (χ0) is 7.28. The Morgan fingerprint density at radius 3 is 2.18 bits per heavy atom. The van der Waals surface area contributed by atoms with Crippen molar-refractivity contribution in [3.63, 3.8) is 0 Å². The Labute approximate surface area is 78.1 Å². The summed E-state index contributed by atoms with van der Waals surface area (Å²) >= 11 is 0. The third kappa shape index (κ3) is 9.97. The van der Waals surface area contributed by atoms with E-state index in [1.165, 1.54) is 0 Å². The molecule has 0 heterocycles. The fourth-order valence-corrected chi connectivity index (χ4v) is 0.514. The molecule has 0 aliphatic carbocycles. The lowest BCUT2D eigenvalue weighted by atomic mass is 10.2. The van der Waals surface area contributed by atoms with Gasteiger partial charge >= 0.3 is 5.97 Å². The number of carbonyl (C=O) groups is 1. The van der Waals surface area contributed by atoms with Crippen molar-refractivity contribution < 1.29 is 46.2 Å². The van der Waals surface area contributed by atoms with Crippen LogP contribution in [-0.4, -0.2) is 23.7 Å². The van der Waals surface area contributed by atoms with Crippen molar-refractivity contribution in [2.45, 2.75) is 18.9 Å². The van der Waals surface area contributed by atoms with Gasteiger partial charge in [0, 0.05) is 12.8 Å². The molecule has 0 bridgehead atoms. The van der Waals surface area contributed by atoms with Crippen molar-refractivity contribution in [1.82, 2.24) is 0 Å². The highest BCUT2D eigenvalue weighted by Crippen LogP contribution is 1.88. The highest BCUT2D eigenvalue weighted by molar-refractivity contribution is 5.71. The maximum Gasteiger partial charge on any atom is 0.362 e. The summed E-state index contributed by atoms with van der Waals surface area (Å²) in [6.07, 6.45) is 1.49. The van der Waals surface area contributed by atoms with Crippen LogP contribution in [-0.2, 0) is 4.79 Å². The number of quaternary nitrogens is 2. The van der Waals surface area contributed by atoms with Crippen molar-refractivity contribution in [2.75, 3.05) is 6.54 Å². The molecule has 0 fully saturated rings. The summed E-state index contributed by atoms with van der Waals surface area (Å²) in [5, 5.41) is 8.33. The lowest BCUT2D eigenvalue weighted by molar-refractivity contribution is -0.414. The molecule has 0 radical (unpaired) electrons. The topological polar surface area (TPSA) is 92.6 Å². The lowest BCUT2D eigenvalue weighted by Gasteiger charge is -1.98. The van der Waals surface area contributed by atoms with Crippen LogP contribution in [0.2, 0.25) is 0 Å². The van der Waals surface area contributed by atoms with Crippen molar-refractivity contribution >= 4 is 5.97 Å². The van der Waals surface area contributed by atoms with Gasteiger partial charge in [0.15, 0.2) is 6.04 Å². The van der Waals surface area contributed by atoms with Gasteiger partial charge in [0.25, 0.3) is 0 Å². The molecule has 0 aromatic rings. The Bertz CT molecular complexity index is 102. The van der Waals surface area contributed by atoms with Gasteiger partial charge in [0.1, 0.15) is 0 Å². The second-order valence-corrected chi connectivity index (χ2v) is 2.03. The Hall–Kier alpha value is -0.0300. The molecule has 4 nitrogen and oxygen atoms in total. The largest absolute Gasteiger partial charge is 1.00 e. The molecule has 70 valence electrons. The highest BCUT2D eigenvalue weighted by atomic mass is 35.5. The quantitative estimate of drug-likeness (QED) is 0.398. The van der Waals surface area contributed by atoms with E-state index in [2.05, 4.69) is 11.5 Å². The minimum Gasteiger partial charge on any atom is -1.00 e. The van der Waals surface area contributed by atoms with Crippen LogP contribution in [0.15, 0.2) is 0 Å². The first-order valence-electron chi connectivity index (χ1n) is 3.03. The van der Waals surface area contributed by atoms with Crippen LogP contribution in [0.25, 0.3) is 0 Å². The van der Waals surface area contributed by atoms with Gasteiger partial charge in [0.05, 0.1) is 6.54 Å². The minimum absolute atomic E-state index is 0. The van der Waals surface area contributed by atoms with E-state index in [0.29, 0.717) is 6.42 Å². The maximum atomic E-state index is 10.1. The average Bonchev–Trinajstić information content (AvgIpc) is 1.82. The first kappa shape index (κ1) is 17.2. The molecule has 1 atom stereocenters. The van der Waals surface area contributed by atoms with Crippen molar-refractivity contribution in [3.05, 3.63) is 0 Å². The predicted octanol–water partition coefficient (Wildman–Crippen LogP) is -8.29. The van der Waals surface area contributed by atoms with Gasteiger partial charge in [-0.3, -0.25) is 0 Å². The molecule has 0 amide bonds. The van der Waals surface area contributed by atoms with E-state index in [1.807, 2.05) is 0 Å². The van der Waals surface area contributed by atoms with Crippen LogP contribution < -0.4 is 36.3 Å². The van der Waals surface area contributed by atoms with E-state index in [1.54, 1.807) is 0 Å². The molecule has 0 aliphatic rings. The third-order valence-electron chi connectivity index (χ3n) is 1.15. The number of aliphatic carboxylic acids is 1. The second kappa shape index (κ2) is 9.97. The summed E-state index contributed by atoms with van der Waals surface area (Å²) in [6.45, 7) is 0.791. The van der Waals surface area contributed by atoms with E-state index in [0.717, 1.165) is 13.0 Å². The lowest BCUT2D eigenvalue weighted by Crippen LogP contribution is -3.00.